The van der Waals surface area contributed by atoms with Crippen LogP contribution in [0.4, 0.5) is 0 Å². The van der Waals surface area contributed by atoms with E-state index in [-0.39, 0.29) is 0 Å². The molecular weight excluding hydrogens is 605 g/mol. The molecular formula is C40H40N2O2S2+2. The van der Waals surface area contributed by atoms with Crippen LogP contribution in [-0.2, 0) is 6.54 Å². The number of pyridine rings is 1. The summed E-state index contributed by atoms with van der Waals surface area (Å²) in [7, 11) is 7.35. The summed E-state index contributed by atoms with van der Waals surface area (Å²) in [5.41, 5.74) is 4.95. The van der Waals surface area contributed by atoms with Crippen LogP contribution in [0.15, 0.2) is 127 Å². The van der Waals surface area contributed by atoms with Gasteiger partial charge in [0.2, 0.25) is 5.69 Å². The highest BCUT2D eigenvalue weighted by atomic mass is 33.1. The number of hydrogen-bond donors (Lipinski definition) is 1. The molecule has 1 N–H and O–H groups in total. The number of benzene rings is 4. The molecule has 1 aromatic heterocycles. The Morgan fingerprint density at radius 2 is 1.33 bits per heavy atom. The second-order valence-electron chi connectivity index (χ2n) is 11.2. The predicted molar refractivity (Wildman–Crippen MR) is 198 cm³/mol. The first-order chi connectivity index (χ1) is 22.7. The Morgan fingerprint density at radius 1 is 0.696 bits per heavy atom. The third kappa shape index (κ3) is 8.32. The molecule has 0 fully saturated rings. The number of fused-ring (bicyclic) bond motifs is 2. The van der Waals surface area contributed by atoms with Crippen molar-refractivity contribution in [2.75, 3.05) is 38.8 Å². The van der Waals surface area contributed by atoms with Crippen LogP contribution < -0.4 is 18.9 Å². The molecule has 0 saturated heterocycles. The summed E-state index contributed by atoms with van der Waals surface area (Å²) in [6.45, 7) is 3.10. The van der Waals surface area contributed by atoms with Crippen LogP contribution in [0.1, 0.15) is 16.8 Å². The summed E-state index contributed by atoms with van der Waals surface area (Å²) in [6.07, 6.45) is 17.8. The van der Waals surface area contributed by atoms with E-state index in [9.17, 15) is 0 Å². The van der Waals surface area contributed by atoms with Crippen LogP contribution in [0.2, 0.25) is 0 Å². The summed E-state index contributed by atoms with van der Waals surface area (Å²) >= 11 is 0. The van der Waals surface area contributed by atoms with Gasteiger partial charge in [-0.05, 0) is 106 Å². The van der Waals surface area contributed by atoms with Crippen molar-refractivity contribution in [1.29, 1.82) is 0 Å². The lowest BCUT2D eigenvalue weighted by atomic mass is 10.1. The molecule has 0 radical (unpaired) electrons. The fraction of sp³-hybridized carbons (Fsp3) is 0.175. The van der Waals surface area contributed by atoms with Gasteiger partial charge in [0.1, 0.15) is 23.7 Å². The molecule has 0 saturated carbocycles. The van der Waals surface area contributed by atoms with Gasteiger partial charge in [0, 0.05) is 18.2 Å². The average molecular weight is 645 g/mol. The molecule has 46 heavy (non-hydrogen) atoms. The van der Waals surface area contributed by atoms with E-state index < -0.39 is 0 Å². The van der Waals surface area contributed by atoms with Crippen molar-refractivity contribution in [1.82, 2.24) is 0 Å². The fourth-order valence-electron chi connectivity index (χ4n) is 5.61. The van der Waals surface area contributed by atoms with Gasteiger partial charge in [0.25, 0.3) is 0 Å². The van der Waals surface area contributed by atoms with Crippen molar-refractivity contribution in [3.8, 4) is 11.5 Å². The highest BCUT2D eigenvalue weighted by Gasteiger charge is 2.14. The van der Waals surface area contributed by atoms with E-state index in [0.717, 1.165) is 42.6 Å². The highest BCUT2D eigenvalue weighted by Crippen LogP contribution is 2.24. The zero-order valence-electron chi connectivity index (χ0n) is 26.4. The molecule has 5 aromatic rings. The summed E-state index contributed by atoms with van der Waals surface area (Å²) < 4.78 is 13.1. The zero-order chi connectivity index (χ0) is 31.6. The number of ether oxygens (including phenoxy) is 2. The predicted octanol–water partition coefficient (Wildman–Crippen LogP) is 7.90. The fourth-order valence-corrected chi connectivity index (χ4v) is 7.63. The van der Waals surface area contributed by atoms with Crippen molar-refractivity contribution in [2.24, 2.45) is 0 Å². The molecule has 4 nitrogen and oxygen atoms in total. The maximum atomic E-state index is 5.37. The Labute approximate surface area is 280 Å². The second kappa shape index (κ2) is 15.9. The number of nitrogens with one attached hydrogen (secondary N) is 1. The van der Waals surface area contributed by atoms with Gasteiger partial charge in [-0.1, -0.05) is 64.1 Å². The van der Waals surface area contributed by atoms with Crippen LogP contribution in [-0.4, -0.2) is 38.8 Å². The van der Waals surface area contributed by atoms with Crippen molar-refractivity contribution in [3.05, 3.63) is 144 Å². The Bertz CT molecular complexity index is 1930. The molecule has 0 bridgehead atoms. The molecule has 0 amide bonds. The van der Waals surface area contributed by atoms with Crippen molar-refractivity contribution < 1.29 is 18.9 Å². The molecule has 6 rings (SSSR count). The van der Waals surface area contributed by atoms with Crippen molar-refractivity contribution >= 4 is 61.4 Å². The lowest BCUT2D eigenvalue weighted by Gasteiger charge is -2.20. The lowest BCUT2D eigenvalue weighted by molar-refractivity contribution is -0.849. The van der Waals surface area contributed by atoms with E-state index in [1.165, 1.54) is 49.0 Å². The standard InChI is InChI=1S/C40H39N2O2S2/c1-43-39-19-15-33-27-31(9-13-35(33)29-39)11-17-37-7-3-5-21-41(37)23-25-45-46-26-24-42-22-6-4-8-38(42)18-12-32-10-14-36-30-40(44-2)20-16-34(36)28-32/h3-21,27-30H,22-26H2,1-2H3/q+1/p+1/b17-11+,18-12+. The SMILES string of the molecule is COc1ccc2cc(/C=C/C3=CC=CC[NH+]3CCSSCC[n+]3ccccc3/C=C/c3ccc4cc(OC)ccc4c3)ccc2c1. The smallest absolute Gasteiger partial charge is 0.205 e. The van der Waals surface area contributed by atoms with Gasteiger partial charge in [-0.3, -0.25) is 4.90 Å². The maximum Gasteiger partial charge on any atom is 0.205 e. The quantitative estimate of drug-likeness (QED) is 0.0801. The van der Waals surface area contributed by atoms with Gasteiger partial charge in [0.05, 0.1) is 32.3 Å². The maximum absolute atomic E-state index is 5.37. The van der Waals surface area contributed by atoms with Gasteiger partial charge in [0.15, 0.2) is 12.7 Å². The number of methoxy groups -OCH3 is 2. The molecule has 0 spiro atoms. The van der Waals surface area contributed by atoms with Gasteiger partial charge >= 0.3 is 0 Å². The Kier molecular flexibility index (Phi) is 10.9. The number of aromatic nitrogens is 1. The molecule has 1 aliphatic rings. The minimum atomic E-state index is 0.885. The summed E-state index contributed by atoms with van der Waals surface area (Å²) in [6, 6.07) is 32.0. The van der Waals surface area contributed by atoms with E-state index in [2.05, 4.69) is 132 Å². The summed E-state index contributed by atoms with van der Waals surface area (Å²) in [5, 5.41) is 4.82. The minimum Gasteiger partial charge on any atom is -0.497 e. The van der Waals surface area contributed by atoms with Gasteiger partial charge in [-0.25, -0.2) is 0 Å². The molecule has 0 aliphatic carbocycles. The third-order valence-corrected chi connectivity index (χ3v) is 10.6. The first-order valence-corrected chi connectivity index (χ1v) is 18.1. The van der Waals surface area contributed by atoms with Crippen LogP contribution in [0.25, 0.3) is 39.8 Å². The molecule has 232 valence electrons. The number of aryl methyl sites for hydroxylation is 1. The van der Waals surface area contributed by atoms with Crippen molar-refractivity contribution in [3.63, 3.8) is 0 Å². The first kappa shape index (κ1) is 31.7. The zero-order valence-corrected chi connectivity index (χ0v) is 28.0. The Balaban J connectivity index is 0.976. The normalized spacial score (nSPS) is 14.8. The molecule has 1 unspecified atom stereocenters. The number of hydrogen-bond acceptors (Lipinski definition) is 4. The van der Waals surface area contributed by atoms with E-state index in [1.54, 1.807) is 14.2 Å². The minimum absolute atomic E-state index is 0.885. The van der Waals surface area contributed by atoms with Crippen molar-refractivity contribution in [2.45, 2.75) is 6.54 Å². The second-order valence-corrected chi connectivity index (χ2v) is 13.9. The van der Waals surface area contributed by atoms with Crippen LogP contribution in [0.3, 0.4) is 0 Å². The molecule has 1 atom stereocenters. The highest BCUT2D eigenvalue weighted by molar-refractivity contribution is 8.76. The summed E-state index contributed by atoms with van der Waals surface area (Å²) in [4.78, 5) is 1.51. The van der Waals surface area contributed by atoms with Crippen LogP contribution in [0, 0.1) is 0 Å². The largest absolute Gasteiger partial charge is 0.497 e. The monoisotopic (exact) mass is 644 g/mol. The van der Waals surface area contributed by atoms with E-state index in [0.29, 0.717) is 0 Å². The number of quaternary nitrogens is 1. The lowest BCUT2D eigenvalue weighted by Crippen LogP contribution is -3.10. The molecule has 1 aliphatic heterocycles. The molecule has 2 heterocycles. The third-order valence-electron chi connectivity index (χ3n) is 8.19. The van der Waals surface area contributed by atoms with E-state index in [1.807, 2.05) is 33.7 Å². The van der Waals surface area contributed by atoms with Gasteiger partial charge < -0.3 is 9.47 Å². The number of nitrogens with zero attached hydrogens (tertiary/aromatic N) is 1. The van der Waals surface area contributed by atoms with E-state index in [4.69, 9.17) is 9.47 Å². The van der Waals surface area contributed by atoms with Crippen LogP contribution in [0.5, 0.6) is 11.5 Å². The van der Waals surface area contributed by atoms with Gasteiger partial charge in [-0.15, -0.1) is 0 Å². The van der Waals surface area contributed by atoms with Gasteiger partial charge in [-0.2, -0.15) is 4.57 Å². The summed E-state index contributed by atoms with van der Waals surface area (Å²) in [5.74, 6) is 3.94. The average Bonchev–Trinajstić information content (AvgIpc) is 3.11. The van der Waals surface area contributed by atoms with E-state index >= 15 is 0 Å². The Hall–Kier alpha value is -4.23. The number of rotatable bonds is 13. The first-order valence-electron chi connectivity index (χ1n) is 15.6. The topological polar surface area (TPSA) is 26.8 Å². The molecule has 4 aromatic carbocycles. The number of allylic oxidation sites excluding steroid dienone is 3. The van der Waals surface area contributed by atoms with Crippen LogP contribution >= 0.6 is 21.6 Å². The molecule has 6 heteroatoms. The Morgan fingerprint density at radius 3 is 2.02 bits per heavy atom.